The van der Waals surface area contributed by atoms with Crippen LogP contribution in [0.5, 0.6) is 0 Å². The molecule has 0 aliphatic heterocycles. The van der Waals surface area contributed by atoms with Gasteiger partial charge in [-0.2, -0.15) is 0 Å². The highest BCUT2D eigenvalue weighted by molar-refractivity contribution is 5.87. The van der Waals surface area contributed by atoms with E-state index in [0.717, 1.165) is 11.4 Å². The minimum absolute atomic E-state index is 0.331. The van der Waals surface area contributed by atoms with Gasteiger partial charge in [0.25, 0.3) is 0 Å². The first-order valence-electron chi connectivity index (χ1n) is 5.69. The van der Waals surface area contributed by atoms with Crippen molar-refractivity contribution < 1.29 is 9.90 Å². The fourth-order valence-electron chi connectivity index (χ4n) is 1.62. The molecule has 0 spiro atoms. The van der Waals surface area contributed by atoms with Gasteiger partial charge in [-0.15, -0.1) is 0 Å². The van der Waals surface area contributed by atoms with Crippen molar-refractivity contribution in [3.05, 3.63) is 65.0 Å². The van der Waals surface area contributed by atoms with E-state index in [1.807, 2.05) is 13.8 Å². The van der Waals surface area contributed by atoms with Gasteiger partial charge >= 0.3 is 5.97 Å². The molecule has 0 saturated heterocycles. The molecule has 0 atom stereocenters. The summed E-state index contributed by atoms with van der Waals surface area (Å²) in [5, 5.41) is 8.38. The highest BCUT2D eigenvalue weighted by Gasteiger charge is 1.96. The summed E-state index contributed by atoms with van der Waals surface area (Å²) >= 11 is 0. The predicted octanol–water partition coefficient (Wildman–Crippen LogP) is 3.39. The molecule has 0 saturated carbocycles. The van der Waals surface area contributed by atoms with Gasteiger partial charge in [0.1, 0.15) is 0 Å². The molecule has 0 aliphatic rings. The predicted molar refractivity (Wildman–Crippen MR) is 71.8 cm³/mol. The standard InChI is InChI=1S/C8H11N.C7H6O2/c1-6-4-7(2)9-8(3)5-6;8-7(9)6-4-2-1-3-5-6/h4-5H,1-3H3;1-5H,(H,8,9). The third-order valence-electron chi connectivity index (χ3n) is 2.25. The highest BCUT2D eigenvalue weighted by Crippen LogP contribution is 2.01. The molecule has 3 nitrogen and oxygen atoms in total. The summed E-state index contributed by atoms with van der Waals surface area (Å²) in [4.78, 5) is 14.4. The lowest BCUT2D eigenvalue weighted by Gasteiger charge is -1.96. The minimum atomic E-state index is -0.879. The van der Waals surface area contributed by atoms with Gasteiger partial charge in [0, 0.05) is 11.4 Å². The number of carbonyl (C=O) groups is 1. The third-order valence-corrected chi connectivity index (χ3v) is 2.25. The van der Waals surface area contributed by atoms with Crippen LogP contribution < -0.4 is 0 Å². The van der Waals surface area contributed by atoms with Crippen LogP contribution >= 0.6 is 0 Å². The Kier molecular flexibility index (Phi) is 5.06. The van der Waals surface area contributed by atoms with Crippen LogP contribution in [-0.4, -0.2) is 16.1 Å². The van der Waals surface area contributed by atoms with Crippen LogP contribution in [-0.2, 0) is 0 Å². The number of hydrogen-bond donors (Lipinski definition) is 1. The molecule has 2 aromatic rings. The van der Waals surface area contributed by atoms with Crippen LogP contribution in [0.4, 0.5) is 0 Å². The summed E-state index contributed by atoms with van der Waals surface area (Å²) in [6.07, 6.45) is 0. The van der Waals surface area contributed by atoms with E-state index in [0.29, 0.717) is 5.56 Å². The second-order valence-corrected chi connectivity index (χ2v) is 4.10. The first-order chi connectivity index (χ1) is 8.49. The summed E-state index contributed by atoms with van der Waals surface area (Å²) in [7, 11) is 0. The number of pyridine rings is 1. The molecule has 0 amide bonds. The zero-order valence-electron chi connectivity index (χ0n) is 10.8. The molecule has 18 heavy (non-hydrogen) atoms. The summed E-state index contributed by atoms with van der Waals surface area (Å²) < 4.78 is 0. The molecule has 1 heterocycles. The third kappa shape index (κ3) is 4.78. The SMILES string of the molecule is Cc1cc(C)nc(C)c1.O=C(O)c1ccccc1. The number of carboxylic acid groups (broad SMARTS) is 1. The average Bonchev–Trinajstić information content (AvgIpc) is 2.29. The number of rotatable bonds is 1. The molecule has 1 N–H and O–H groups in total. The van der Waals surface area contributed by atoms with Crippen molar-refractivity contribution in [2.45, 2.75) is 20.8 Å². The van der Waals surface area contributed by atoms with Gasteiger partial charge in [0.15, 0.2) is 0 Å². The monoisotopic (exact) mass is 243 g/mol. The molecule has 0 fully saturated rings. The first-order valence-corrected chi connectivity index (χ1v) is 5.69. The molecule has 3 heteroatoms. The summed E-state index contributed by atoms with van der Waals surface area (Å²) in [6.45, 7) is 6.11. The number of benzene rings is 1. The number of aryl methyl sites for hydroxylation is 3. The molecule has 0 aliphatic carbocycles. The summed E-state index contributed by atoms with van der Waals surface area (Å²) in [5.74, 6) is -0.879. The maximum Gasteiger partial charge on any atom is 0.335 e. The van der Waals surface area contributed by atoms with Crippen molar-refractivity contribution in [2.24, 2.45) is 0 Å². The van der Waals surface area contributed by atoms with Gasteiger partial charge in [-0.05, 0) is 50.6 Å². The largest absolute Gasteiger partial charge is 0.478 e. The van der Waals surface area contributed by atoms with Crippen molar-refractivity contribution in [2.75, 3.05) is 0 Å². The van der Waals surface area contributed by atoms with Crippen LogP contribution in [0.2, 0.25) is 0 Å². The Bertz CT molecular complexity index is 471. The van der Waals surface area contributed by atoms with E-state index in [1.54, 1.807) is 30.3 Å². The average molecular weight is 243 g/mol. The fourth-order valence-corrected chi connectivity index (χ4v) is 1.62. The fraction of sp³-hybridized carbons (Fsp3) is 0.200. The van der Waals surface area contributed by atoms with Gasteiger partial charge in [-0.1, -0.05) is 18.2 Å². The van der Waals surface area contributed by atoms with E-state index < -0.39 is 5.97 Å². The van der Waals surface area contributed by atoms with Crippen molar-refractivity contribution >= 4 is 5.97 Å². The minimum Gasteiger partial charge on any atom is -0.478 e. The van der Waals surface area contributed by atoms with E-state index in [2.05, 4.69) is 24.0 Å². The smallest absolute Gasteiger partial charge is 0.335 e. The first kappa shape index (κ1) is 13.9. The zero-order chi connectivity index (χ0) is 13.5. The van der Waals surface area contributed by atoms with Crippen LogP contribution in [0.25, 0.3) is 0 Å². The summed E-state index contributed by atoms with van der Waals surface area (Å²) in [5.41, 5.74) is 3.83. The molecule has 94 valence electrons. The molecule has 0 radical (unpaired) electrons. The number of aromatic nitrogens is 1. The van der Waals surface area contributed by atoms with Crippen molar-refractivity contribution in [3.8, 4) is 0 Å². The van der Waals surface area contributed by atoms with E-state index in [1.165, 1.54) is 5.56 Å². The Morgan fingerprint density at radius 1 is 1.00 bits per heavy atom. The van der Waals surface area contributed by atoms with Gasteiger partial charge in [0.2, 0.25) is 0 Å². The van der Waals surface area contributed by atoms with Crippen molar-refractivity contribution in [3.63, 3.8) is 0 Å². The van der Waals surface area contributed by atoms with Crippen LogP contribution in [0.3, 0.4) is 0 Å². The number of hydrogen-bond acceptors (Lipinski definition) is 2. The van der Waals surface area contributed by atoms with E-state index in [9.17, 15) is 4.79 Å². The lowest BCUT2D eigenvalue weighted by molar-refractivity contribution is 0.0697. The van der Waals surface area contributed by atoms with E-state index in [-0.39, 0.29) is 0 Å². The maximum absolute atomic E-state index is 10.2. The van der Waals surface area contributed by atoms with Crippen LogP contribution in [0.1, 0.15) is 27.3 Å². The molecular formula is C15H17NO2. The van der Waals surface area contributed by atoms with E-state index >= 15 is 0 Å². The number of aromatic carboxylic acids is 1. The summed E-state index contributed by atoms with van der Waals surface area (Å²) in [6, 6.07) is 12.4. The van der Waals surface area contributed by atoms with Crippen molar-refractivity contribution in [1.82, 2.24) is 4.98 Å². The second kappa shape index (κ2) is 6.55. The Morgan fingerprint density at radius 2 is 1.50 bits per heavy atom. The van der Waals surface area contributed by atoms with Gasteiger partial charge in [0.05, 0.1) is 5.56 Å². The quantitative estimate of drug-likeness (QED) is 0.835. The number of carboxylic acids is 1. The lowest BCUT2D eigenvalue weighted by Crippen LogP contribution is -1.93. The second-order valence-electron chi connectivity index (χ2n) is 4.10. The molecule has 0 unspecified atom stereocenters. The molecule has 2 rings (SSSR count). The Morgan fingerprint density at radius 3 is 1.83 bits per heavy atom. The van der Waals surface area contributed by atoms with Gasteiger partial charge in [-0.3, -0.25) is 4.98 Å². The van der Waals surface area contributed by atoms with Crippen LogP contribution in [0.15, 0.2) is 42.5 Å². The highest BCUT2D eigenvalue weighted by atomic mass is 16.4. The normalized spacial score (nSPS) is 9.28. The number of nitrogens with zero attached hydrogens (tertiary/aromatic N) is 1. The van der Waals surface area contributed by atoms with Crippen molar-refractivity contribution in [1.29, 1.82) is 0 Å². The van der Waals surface area contributed by atoms with Gasteiger partial charge < -0.3 is 5.11 Å². The molecular weight excluding hydrogens is 226 g/mol. The van der Waals surface area contributed by atoms with Crippen LogP contribution in [0, 0.1) is 20.8 Å². The lowest BCUT2D eigenvalue weighted by atomic mass is 10.2. The maximum atomic E-state index is 10.2. The van der Waals surface area contributed by atoms with E-state index in [4.69, 9.17) is 5.11 Å². The molecule has 1 aromatic heterocycles. The zero-order valence-corrected chi connectivity index (χ0v) is 10.8. The Hall–Kier alpha value is -2.16. The molecule has 1 aromatic carbocycles. The Labute approximate surface area is 107 Å². The van der Waals surface area contributed by atoms with Gasteiger partial charge in [-0.25, -0.2) is 4.79 Å². The topological polar surface area (TPSA) is 50.2 Å². The molecule has 0 bridgehead atoms. The Balaban J connectivity index is 0.000000180.